The topological polar surface area (TPSA) is 76.5 Å². The quantitative estimate of drug-likeness (QED) is 0.637. The highest BCUT2D eigenvalue weighted by atomic mass is 16.5. The Hall–Kier alpha value is -2.11. The maximum absolute atomic E-state index is 11.2. The zero-order valence-electron chi connectivity index (χ0n) is 7.35. The molecule has 0 bridgehead atoms. The molecule has 0 fully saturated rings. The van der Waals surface area contributed by atoms with Gasteiger partial charge < -0.3 is 9.72 Å². The third-order valence-corrected chi connectivity index (χ3v) is 1.84. The molecule has 0 spiro atoms. The van der Waals surface area contributed by atoms with Crippen LogP contribution in [0, 0.1) is 0 Å². The van der Waals surface area contributed by atoms with Crippen LogP contribution in [-0.2, 0) is 4.74 Å². The predicted molar refractivity (Wildman–Crippen MR) is 47.2 cm³/mol. The summed E-state index contributed by atoms with van der Waals surface area (Å²) in [7, 11) is 1.26. The number of esters is 1. The van der Waals surface area contributed by atoms with Crippen molar-refractivity contribution in [2.45, 2.75) is 0 Å². The molecule has 0 saturated carbocycles. The van der Waals surface area contributed by atoms with Crippen LogP contribution in [0.4, 0.5) is 0 Å². The van der Waals surface area contributed by atoms with E-state index >= 15 is 0 Å². The van der Waals surface area contributed by atoms with Gasteiger partial charge in [-0.3, -0.25) is 9.20 Å². The molecule has 0 aliphatic rings. The number of rotatable bonds is 1. The van der Waals surface area contributed by atoms with Crippen LogP contribution in [0.3, 0.4) is 0 Å². The second kappa shape index (κ2) is 2.99. The molecular formula is C8H7N3O3. The largest absolute Gasteiger partial charge is 0.463 e. The Balaban J connectivity index is 2.76. The first-order valence-corrected chi connectivity index (χ1v) is 3.87. The van der Waals surface area contributed by atoms with Gasteiger partial charge in [0, 0.05) is 12.4 Å². The first kappa shape index (κ1) is 8.49. The van der Waals surface area contributed by atoms with Crippen LogP contribution >= 0.6 is 0 Å². The van der Waals surface area contributed by atoms with E-state index in [0.717, 1.165) is 0 Å². The number of aromatic amines is 1. The normalized spacial score (nSPS) is 10.4. The summed E-state index contributed by atoms with van der Waals surface area (Å²) in [5, 5.41) is 0. The van der Waals surface area contributed by atoms with Crippen molar-refractivity contribution < 1.29 is 9.53 Å². The van der Waals surface area contributed by atoms with Crippen molar-refractivity contribution in [3.05, 3.63) is 34.8 Å². The lowest BCUT2D eigenvalue weighted by Gasteiger charge is -1.97. The van der Waals surface area contributed by atoms with Gasteiger partial charge in [0.05, 0.1) is 13.3 Å². The average Bonchev–Trinajstić information content (AvgIpc) is 2.62. The number of nitrogens with one attached hydrogen (secondary N) is 1. The van der Waals surface area contributed by atoms with Gasteiger partial charge in [0.25, 0.3) is 5.56 Å². The lowest BCUT2D eigenvalue weighted by Crippen LogP contribution is -2.11. The number of carbonyl (C=O) groups is 1. The Morgan fingerprint density at radius 2 is 2.43 bits per heavy atom. The number of methoxy groups -OCH3 is 1. The van der Waals surface area contributed by atoms with Gasteiger partial charge in [0.1, 0.15) is 5.52 Å². The minimum Gasteiger partial charge on any atom is -0.463 e. The van der Waals surface area contributed by atoms with Crippen LogP contribution in [0.15, 0.2) is 23.4 Å². The summed E-state index contributed by atoms with van der Waals surface area (Å²) in [6.07, 6.45) is 4.30. The fourth-order valence-electron chi connectivity index (χ4n) is 1.18. The van der Waals surface area contributed by atoms with Gasteiger partial charge >= 0.3 is 5.97 Å². The minimum atomic E-state index is -0.574. The molecule has 6 nitrogen and oxygen atoms in total. The van der Waals surface area contributed by atoms with E-state index < -0.39 is 5.97 Å². The summed E-state index contributed by atoms with van der Waals surface area (Å²) in [4.78, 5) is 28.7. The highest BCUT2D eigenvalue weighted by Gasteiger charge is 2.13. The Bertz CT molecular complexity index is 540. The number of ether oxygens (including phenoxy) is 1. The van der Waals surface area contributed by atoms with E-state index in [0.29, 0.717) is 5.52 Å². The smallest absolute Gasteiger partial charge is 0.374 e. The fraction of sp³-hybridized carbons (Fsp3) is 0.125. The lowest BCUT2D eigenvalue weighted by atomic mass is 10.5. The number of nitrogens with zero attached hydrogens (tertiary/aromatic N) is 2. The number of hydrogen-bond donors (Lipinski definition) is 1. The number of carbonyl (C=O) groups excluding carboxylic acids is 1. The van der Waals surface area contributed by atoms with Crippen LogP contribution in [0.1, 0.15) is 10.6 Å². The first-order chi connectivity index (χ1) is 6.74. The highest BCUT2D eigenvalue weighted by molar-refractivity contribution is 5.86. The first-order valence-electron chi connectivity index (χ1n) is 3.87. The van der Waals surface area contributed by atoms with Crippen LogP contribution < -0.4 is 5.56 Å². The Labute approximate surface area is 78.2 Å². The summed E-state index contributed by atoms with van der Waals surface area (Å²) < 4.78 is 5.89. The lowest BCUT2D eigenvalue weighted by molar-refractivity contribution is 0.0586. The van der Waals surface area contributed by atoms with Crippen molar-refractivity contribution in [1.29, 1.82) is 0 Å². The number of hydrogen-bond acceptors (Lipinski definition) is 4. The van der Waals surface area contributed by atoms with E-state index in [1.54, 1.807) is 0 Å². The zero-order chi connectivity index (χ0) is 10.1. The fourth-order valence-corrected chi connectivity index (χ4v) is 1.18. The van der Waals surface area contributed by atoms with E-state index in [2.05, 4.69) is 14.7 Å². The number of fused-ring (bicyclic) bond motifs is 1. The number of H-pyrrole nitrogens is 1. The molecule has 0 unspecified atom stereocenters. The van der Waals surface area contributed by atoms with Crippen LogP contribution in [0.5, 0.6) is 0 Å². The molecule has 0 radical (unpaired) electrons. The third-order valence-electron chi connectivity index (χ3n) is 1.84. The molecule has 2 aromatic heterocycles. The molecule has 0 amide bonds. The zero-order valence-corrected chi connectivity index (χ0v) is 7.35. The second-order valence-corrected chi connectivity index (χ2v) is 2.62. The van der Waals surface area contributed by atoms with Gasteiger partial charge in [-0.2, -0.15) is 0 Å². The van der Waals surface area contributed by atoms with E-state index in [1.165, 1.54) is 30.1 Å². The standard InChI is InChI=1S/C8H7N3O3/c1-14-8(13)6-10-4-5-7(12)9-2-3-11(5)6/h2-4H,1H3,(H,9,12). The van der Waals surface area contributed by atoms with Gasteiger partial charge in [-0.25, -0.2) is 9.78 Å². The van der Waals surface area contributed by atoms with Crippen LogP contribution in [0.2, 0.25) is 0 Å². The van der Waals surface area contributed by atoms with Crippen LogP contribution in [0.25, 0.3) is 5.52 Å². The van der Waals surface area contributed by atoms with Gasteiger partial charge in [-0.1, -0.05) is 0 Å². The van der Waals surface area contributed by atoms with Crippen molar-refractivity contribution in [2.24, 2.45) is 0 Å². The van der Waals surface area contributed by atoms with Gasteiger partial charge in [-0.15, -0.1) is 0 Å². The number of imidazole rings is 1. The maximum Gasteiger partial charge on any atom is 0.374 e. The van der Waals surface area contributed by atoms with Crippen molar-refractivity contribution >= 4 is 11.5 Å². The van der Waals surface area contributed by atoms with Gasteiger partial charge in [0.15, 0.2) is 0 Å². The molecule has 0 saturated heterocycles. The summed E-state index contributed by atoms with van der Waals surface area (Å²) >= 11 is 0. The molecule has 0 aromatic carbocycles. The monoisotopic (exact) mass is 193 g/mol. The van der Waals surface area contributed by atoms with Crippen molar-refractivity contribution in [2.75, 3.05) is 7.11 Å². The molecule has 0 aliphatic carbocycles. The van der Waals surface area contributed by atoms with Crippen molar-refractivity contribution in [3.8, 4) is 0 Å². The summed E-state index contributed by atoms with van der Waals surface area (Å²) in [5.74, 6) is -0.482. The van der Waals surface area contributed by atoms with E-state index in [4.69, 9.17) is 0 Å². The molecule has 2 heterocycles. The Kier molecular flexibility index (Phi) is 1.81. The molecule has 6 heteroatoms. The molecule has 2 aromatic rings. The molecule has 2 rings (SSSR count). The van der Waals surface area contributed by atoms with E-state index in [-0.39, 0.29) is 11.4 Å². The SMILES string of the molecule is COC(=O)c1ncc2c(=O)[nH]ccn12. The summed E-state index contributed by atoms with van der Waals surface area (Å²) in [6, 6.07) is 0. The van der Waals surface area contributed by atoms with Crippen molar-refractivity contribution in [1.82, 2.24) is 14.4 Å². The average molecular weight is 193 g/mol. The Morgan fingerprint density at radius 3 is 3.14 bits per heavy atom. The Morgan fingerprint density at radius 1 is 1.64 bits per heavy atom. The molecule has 0 atom stereocenters. The highest BCUT2D eigenvalue weighted by Crippen LogP contribution is 2.01. The molecule has 1 N–H and O–H groups in total. The van der Waals surface area contributed by atoms with Crippen molar-refractivity contribution in [3.63, 3.8) is 0 Å². The summed E-state index contributed by atoms with van der Waals surface area (Å²) in [5.41, 5.74) is 0.0167. The molecular weight excluding hydrogens is 186 g/mol. The summed E-state index contributed by atoms with van der Waals surface area (Å²) in [6.45, 7) is 0. The minimum absolute atomic E-state index is 0.0913. The van der Waals surface area contributed by atoms with Gasteiger partial charge in [-0.05, 0) is 0 Å². The molecule has 72 valence electrons. The molecule has 14 heavy (non-hydrogen) atoms. The maximum atomic E-state index is 11.2. The van der Waals surface area contributed by atoms with E-state index in [1.807, 2.05) is 0 Å². The third kappa shape index (κ3) is 1.08. The van der Waals surface area contributed by atoms with Crippen LogP contribution in [-0.4, -0.2) is 27.4 Å². The predicted octanol–water partition coefficient (Wildman–Crippen LogP) is -0.191. The second-order valence-electron chi connectivity index (χ2n) is 2.62. The van der Waals surface area contributed by atoms with Gasteiger partial charge in [0.2, 0.25) is 5.82 Å². The molecule has 0 aliphatic heterocycles. The number of aromatic nitrogens is 3. The van der Waals surface area contributed by atoms with E-state index in [9.17, 15) is 9.59 Å².